The molecule has 1 nitrogen and oxygen atoms in total. The fourth-order valence-corrected chi connectivity index (χ4v) is 4.68. The standard InChI is InChI=1S/C16H17BrFNS/c1-10-15(17)8-16(20-10)13-6-7-19-9-14(13)11-2-4-12(18)5-3-11/h2-5,8,13-14,19H,6-7,9H2,1H3. The highest BCUT2D eigenvalue weighted by molar-refractivity contribution is 9.10. The average molecular weight is 354 g/mol. The van der Waals surface area contributed by atoms with Crippen molar-refractivity contribution in [1.82, 2.24) is 5.32 Å². The summed E-state index contributed by atoms with van der Waals surface area (Å²) in [6, 6.07) is 9.24. The van der Waals surface area contributed by atoms with Crippen molar-refractivity contribution in [1.29, 1.82) is 0 Å². The lowest BCUT2D eigenvalue weighted by molar-refractivity contribution is 0.408. The summed E-state index contributed by atoms with van der Waals surface area (Å²) in [5.41, 5.74) is 1.23. The number of rotatable bonds is 2. The van der Waals surface area contributed by atoms with E-state index in [0.717, 1.165) is 19.5 Å². The van der Waals surface area contributed by atoms with E-state index in [4.69, 9.17) is 0 Å². The van der Waals surface area contributed by atoms with Crippen LogP contribution in [0.2, 0.25) is 0 Å². The third-order valence-electron chi connectivity index (χ3n) is 4.02. The molecule has 2 unspecified atom stereocenters. The summed E-state index contributed by atoms with van der Waals surface area (Å²) in [5.74, 6) is 0.787. The predicted molar refractivity (Wildman–Crippen MR) is 86.1 cm³/mol. The fraction of sp³-hybridized carbons (Fsp3) is 0.375. The second kappa shape index (κ2) is 5.96. The smallest absolute Gasteiger partial charge is 0.123 e. The van der Waals surface area contributed by atoms with E-state index >= 15 is 0 Å². The Kier molecular flexibility index (Phi) is 4.24. The molecule has 20 heavy (non-hydrogen) atoms. The summed E-state index contributed by atoms with van der Waals surface area (Å²) in [5, 5.41) is 3.47. The van der Waals surface area contributed by atoms with Gasteiger partial charge in [-0.05, 0) is 59.6 Å². The number of thiophene rings is 1. The second-order valence-corrected chi connectivity index (χ2v) is 7.45. The molecule has 1 N–H and O–H groups in total. The molecular formula is C16H17BrFNS. The first-order chi connectivity index (χ1) is 9.65. The summed E-state index contributed by atoms with van der Waals surface area (Å²) >= 11 is 5.49. The molecule has 1 saturated heterocycles. The van der Waals surface area contributed by atoms with Crippen LogP contribution >= 0.6 is 27.3 Å². The van der Waals surface area contributed by atoms with Gasteiger partial charge in [-0.3, -0.25) is 0 Å². The lowest BCUT2D eigenvalue weighted by Gasteiger charge is -2.32. The van der Waals surface area contributed by atoms with Crippen molar-refractivity contribution in [3.05, 3.63) is 55.9 Å². The quantitative estimate of drug-likeness (QED) is 0.815. The van der Waals surface area contributed by atoms with E-state index in [2.05, 4.69) is 34.2 Å². The maximum absolute atomic E-state index is 13.1. The highest BCUT2D eigenvalue weighted by atomic mass is 79.9. The van der Waals surface area contributed by atoms with E-state index in [9.17, 15) is 4.39 Å². The van der Waals surface area contributed by atoms with E-state index in [0.29, 0.717) is 11.8 Å². The van der Waals surface area contributed by atoms with Crippen LogP contribution in [0, 0.1) is 12.7 Å². The van der Waals surface area contributed by atoms with Crippen molar-refractivity contribution in [2.45, 2.75) is 25.2 Å². The normalized spacial score (nSPS) is 22.9. The topological polar surface area (TPSA) is 12.0 Å². The van der Waals surface area contributed by atoms with Gasteiger partial charge < -0.3 is 5.32 Å². The van der Waals surface area contributed by atoms with Crippen LogP contribution < -0.4 is 5.32 Å². The number of aryl methyl sites for hydroxylation is 1. The van der Waals surface area contributed by atoms with E-state index < -0.39 is 0 Å². The number of piperidine rings is 1. The first-order valence-corrected chi connectivity index (χ1v) is 8.48. The van der Waals surface area contributed by atoms with Gasteiger partial charge in [0, 0.05) is 32.6 Å². The maximum Gasteiger partial charge on any atom is 0.123 e. The zero-order valence-electron chi connectivity index (χ0n) is 11.3. The van der Waals surface area contributed by atoms with Gasteiger partial charge in [0.25, 0.3) is 0 Å². The van der Waals surface area contributed by atoms with Crippen LogP contribution in [-0.2, 0) is 0 Å². The highest BCUT2D eigenvalue weighted by Gasteiger charge is 2.29. The largest absolute Gasteiger partial charge is 0.316 e. The lowest BCUT2D eigenvalue weighted by Crippen LogP contribution is -2.33. The van der Waals surface area contributed by atoms with Crippen molar-refractivity contribution < 1.29 is 4.39 Å². The Morgan fingerprint density at radius 1 is 1.25 bits per heavy atom. The first kappa shape index (κ1) is 14.2. The van der Waals surface area contributed by atoms with Gasteiger partial charge in [-0.15, -0.1) is 11.3 Å². The molecule has 1 fully saturated rings. The lowest BCUT2D eigenvalue weighted by atomic mass is 9.80. The van der Waals surface area contributed by atoms with Gasteiger partial charge in [-0.1, -0.05) is 12.1 Å². The molecule has 2 heterocycles. The van der Waals surface area contributed by atoms with Crippen LogP contribution in [0.3, 0.4) is 0 Å². The van der Waals surface area contributed by atoms with Crippen molar-refractivity contribution in [3.63, 3.8) is 0 Å². The van der Waals surface area contributed by atoms with Crippen LogP contribution in [0.1, 0.15) is 33.6 Å². The van der Waals surface area contributed by atoms with Crippen LogP contribution in [-0.4, -0.2) is 13.1 Å². The van der Waals surface area contributed by atoms with Crippen LogP contribution in [0.15, 0.2) is 34.8 Å². The molecule has 2 atom stereocenters. The van der Waals surface area contributed by atoms with Gasteiger partial charge in [0.15, 0.2) is 0 Å². The summed E-state index contributed by atoms with van der Waals surface area (Å²) in [6.07, 6.45) is 1.13. The summed E-state index contributed by atoms with van der Waals surface area (Å²) in [4.78, 5) is 2.77. The monoisotopic (exact) mass is 353 g/mol. The summed E-state index contributed by atoms with van der Waals surface area (Å²) in [7, 11) is 0. The van der Waals surface area contributed by atoms with Gasteiger partial charge in [0.1, 0.15) is 5.82 Å². The number of benzene rings is 1. The molecule has 106 valence electrons. The zero-order chi connectivity index (χ0) is 14.1. The molecule has 0 aliphatic carbocycles. The fourth-order valence-electron chi connectivity index (χ4n) is 2.92. The highest BCUT2D eigenvalue weighted by Crippen LogP contribution is 2.42. The molecule has 0 saturated carbocycles. The molecule has 3 rings (SSSR count). The molecule has 1 aliphatic heterocycles. The Bertz CT molecular complexity index is 574. The number of nitrogens with one attached hydrogen (secondary N) is 1. The van der Waals surface area contributed by atoms with Crippen LogP contribution in [0.4, 0.5) is 4.39 Å². The van der Waals surface area contributed by atoms with Gasteiger partial charge in [-0.25, -0.2) is 4.39 Å². The minimum absolute atomic E-state index is 0.163. The number of hydrogen-bond donors (Lipinski definition) is 1. The molecule has 0 spiro atoms. The average Bonchev–Trinajstić information content (AvgIpc) is 2.79. The van der Waals surface area contributed by atoms with Crippen molar-refractivity contribution >= 4 is 27.3 Å². The molecular weight excluding hydrogens is 337 g/mol. The molecule has 0 amide bonds. The van der Waals surface area contributed by atoms with Gasteiger partial charge in [-0.2, -0.15) is 0 Å². The molecule has 4 heteroatoms. The summed E-state index contributed by atoms with van der Waals surface area (Å²) in [6.45, 7) is 4.16. The Morgan fingerprint density at radius 3 is 2.65 bits per heavy atom. The summed E-state index contributed by atoms with van der Waals surface area (Å²) < 4.78 is 14.3. The van der Waals surface area contributed by atoms with Gasteiger partial charge in [0.2, 0.25) is 0 Å². The maximum atomic E-state index is 13.1. The minimum Gasteiger partial charge on any atom is -0.316 e. The molecule has 0 bridgehead atoms. The Balaban J connectivity index is 1.92. The zero-order valence-corrected chi connectivity index (χ0v) is 13.7. The Hall–Kier alpha value is -0.710. The van der Waals surface area contributed by atoms with E-state index in [-0.39, 0.29) is 5.82 Å². The SMILES string of the molecule is Cc1sc(C2CCNCC2c2ccc(F)cc2)cc1Br. The van der Waals surface area contributed by atoms with E-state index in [1.54, 1.807) is 12.1 Å². The van der Waals surface area contributed by atoms with Crippen molar-refractivity contribution in [3.8, 4) is 0 Å². The van der Waals surface area contributed by atoms with Crippen LogP contribution in [0.5, 0.6) is 0 Å². The molecule has 1 aromatic heterocycles. The predicted octanol–water partition coefficient (Wildman–Crippen LogP) is 4.82. The third kappa shape index (κ3) is 2.83. The van der Waals surface area contributed by atoms with Crippen LogP contribution in [0.25, 0.3) is 0 Å². The van der Waals surface area contributed by atoms with Gasteiger partial charge in [0.05, 0.1) is 0 Å². The van der Waals surface area contributed by atoms with Crippen molar-refractivity contribution in [2.24, 2.45) is 0 Å². The molecule has 1 aromatic carbocycles. The molecule has 1 aliphatic rings. The van der Waals surface area contributed by atoms with Gasteiger partial charge >= 0.3 is 0 Å². The Labute approximate surface area is 131 Å². The van der Waals surface area contributed by atoms with Crippen molar-refractivity contribution in [2.75, 3.05) is 13.1 Å². The number of halogens is 2. The minimum atomic E-state index is -0.163. The molecule has 0 radical (unpaired) electrons. The molecule has 2 aromatic rings. The second-order valence-electron chi connectivity index (χ2n) is 5.31. The third-order valence-corrected chi connectivity index (χ3v) is 6.29. The number of hydrogen-bond acceptors (Lipinski definition) is 2. The van der Waals surface area contributed by atoms with E-state index in [1.807, 2.05) is 23.5 Å². The first-order valence-electron chi connectivity index (χ1n) is 6.87. The Morgan fingerprint density at radius 2 is 2.00 bits per heavy atom. The van der Waals surface area contributed by atoms with E-state index in [1.165, 1.54) is 19.8 Å².